The van der Waals surface area contributed by atoms with Gasteiger partial charge in [-0.05, 0) is 42.2 Å². The predicted molar refractivity (Wildman–Crippen MR) is 95.3 cm³/mol. The SMILES string of the molecule is CCOC(=O)N1CCc2ccccc2C1c1ccc(OC)c(OC)c1. The summed E-state index contributed by atoms with van der Waals surface area (Å²) >= 11 is 0. The summed E-state index contributed by atoms with van der Waals surface area (Å²) in [6, 6.07) is 13.8. The van der Waals surface area contributed by atoms with Crippen molar-refractivity contribution in [3.8, 4) is 11.5 Å². The Kier molecular flexibility index (Phi) is 5.12. The maximum atomic E-state index is 12.5. The zero-order valence-electron chi connectivity index (χ0n) is 14.8. The summed E-state index contributed by atoms with van der Waals surface area (Å²) in [5.74, 6) is 1.31. The van der Waals surface area contributed by atoms with E-state index in [1.54, 1.807) is 19.1 Å². The first-order valence-electron chi connectivity index (χ1n) is 8.42. The summed E-state index contributed by atoms with van der Waals surface area (Å²) in [4.78, 5) is 14.3. The van der Waals surface area contributed by atoms with Gasteiger partial charge >= 0.3 is 6.09 Å². The molecule has 2 aromatic carbocycles. The first-order valence-corrected chi connectivity index (χ1v) is 8.42. The first kappa shape index (κ1) is 17.1. The van der Waals surface area contributed by atoms with Crippen molar-refractivity contribution in [3.05, 3.63) is 59.2 Å². The minimum Gasteiger partial charge on any atom is -0.493 e. The van der Waals surface area contributed by atoms with Crippen LogP contribution in [0.4, 0.5) is 4.79 Å². The van der Waals surface area contributed by atoms with Crippen LogP contribution < -0.4 is 9.47 Å². The van der Waals surface area contributed by atoms with Gasteiger partial charge in [-0.15, -0.1) is 0 Å². The second kappa shape index (κ2) is 7.47. The van der Waals surface area contributed by atoms with Gasteiger partial charge in [0.1, 0.15) is 0 Å². The zero-order chi connectivity index (χ0) is 17.8. The fourth-order valence-corrected chi connectivity index (χ4v) is 3.35. The van der Waals surface area contributed by atoms with Gasteiger partial charge in [0.05, 0.1) is 26.9 Å². The maximum absolute atomic E-state index is 12.5. The molecule has 0 spiro atoms. The van der Waals surface area contributed by atoms with Gasteiger partial charge < -0.3 is 14.2 Å². The van der Waals surface area contributed by atoms with Crippen LogP contribution in [0, 0.1) is 0 Å². The molecule has 1 aliphatic rings. The summed E-state index contributed by atoms with van der Waals surface area (Å²) in [7, 11) is 3.22. The van der Waals surface area contributed by atoms with E-state index in [0.717, 1.165) is 17.5 Å². The van der Waals surface area contributed by atoms with Crippen molar-refractivity contribution in [2.45, 2.75) is 19.4 Å². The molecular formula is C20H23NO4. The molecule has 0 N–H and O–H groups in total. The first-order chi connectivity index (χ1) is 12.2. The van der Waals surface area contributed by atoms with Crippen molar-refractivity contribution in [1.29, 1.82) is 0 Å². The van der Waals surface area contributed by atoms with E-state index in [0.29, 0.717) is 24.7 Å². The number of carbonyl (C=O) groups is 1. The van der Waals surface area contributed by atoms with Crippen molar-refractivity contribution >= 4 is 6.09 Å². The fourth-order valence-electron chi connectivity index (χ4n) is 3.35. The van der Waals surface area contributed by atoms with Crippen molar-refractivity contribution < 1.29 is 19.0 Å². The Bertz CT molecular complexity index is 759. The van der Waals surface area contributed by atoms with Crippen LogP contribution >= 0.6 is 0 Å². The zero-order valence-corrected chi connectivity index (χ0v) is 14.8. The van der Waals surface area contributed by atoms with Gasteiger partial charge in [-0.2, -0.15) is 0 Å². The second-order valence-electron chi connectivity index (χ2n) is 5.86. The number of carbonyl (C=O) groups excluding carboxylic acids is 1. The van der Waals surface area contributed by atoms with E-state index in [9.17, 15) is 4.79 Å². The molecule has 3 rings (SSSR count). The summed E-state index contributed by atoms with van der Waals surface area (Å²) in [5.41, 5.74) is 3.34. The van der Waals surface area contributed by atoms with Gasteiger partial charge in [0.15, 0.2) is 11.5 Å². The molecule has 132 valence electrons. The Balaban J connectivity index is 2.09. The van der Waals surface area contributed by atoms with Gasteiger partial charge in [0, 0.05) is 6.54 Å². The van der Waals surface area contributed by atoms with E-state index < -0.39 is 0 Å². The molecule has 1 aliphatic heterocycles. The lowest BCUT2D eigenvalue weighted by Gasteiger charge is -2.37. The lowest BCUT2D eigenvalue weighted by molar-refractivity contribution is 0.0937. The summed E-state index contributed by atoms with van der Waals surface area (Å²) in [6.07, 6.45) is 0.524. The molecule has 0 fully saturated rings. The molecule has 0 aliphatic carbocycles. The van der Waals surface area contributed by atoms with Gasteiger partial charge in [-0.25, -0.2) is 4.79 Å². The maximum Gasteiger partial charge on any atom is 0.410 e. The Morgan fingerprint density at radius 3 is 2.60 bits per heavy atom. The van der Waals surface area contributed by atoms with Gasteiger partial charge in [-0.1, -0.05) is 30.3 Å². The molecule has 5 heteroatoms. The molecule has 25 heavy (non-hydrogen) atoms. The Morgan fingerprint density at radius 1 is 1.12 bits per heavy atom. The van der Waals surface area contributed by atoms with Crippen molar-refractivity contribution in [3.63, 3.8) is 0 Å². The highest BCUT2D eigenvalue weighted by Gasteiger charge is 2.33. The minimum absolute atomic E-state index is 0.205. The standard InChI is InChI=1S/C20H23NO4/c1-4-25-20(22)21-12-11-14-7-5-6-8-16(14)19(21)15-9-10-17(23-2)18(13-15)24-3/h5-10,13,19H,4,11-12H2,1-3H3. The van der Waals surface area contributed by atoms with Gasteiger partial charge in [0.25, 0.3) is 0 Å². The number of fused-ring (bicyclic) bond motifs is 1. The molecule has 2 aromatic rings. The average Bonchev–Trinajstić information content (AvgIpc) is 2.66. The molecule has 0 saturated carbocycles. The summed E-state index contributed by atoms with van der Waals surface area (Å²) < 4.78 is 16.1. The van der Waals surface area contributed by atoms with Crippen molar-refractivity contribution in [2.75, 3.05) is 27.4 Å². The fraction of sp³-hybridized carbons (Fsp3) is 0.350. The van der Waals surface area contributed by atoms with Crippen LogP contribution in [0.25, 0.3) is 0 Å². The molecule has 0 bridgehead atoms. The lowest BCUT2D eigenvalue weighted by atomic mass is 9.88. The van der Waals surface area contributed by atoms with E-state index in [4.69, 9.17) is 14.2 Å². The molecule has 1 heterocycles. The number of hydrogen-bond donors (Lipinski definition) is 0. The molecular weight excluding hydrogens is 318 g/mol. The smallest absolute Gasteiger partial charge is 0.410 e. The molecule has 0 radical (unpaired) electrons. The van der Waals surface area contributed by atoms with Crippen LogP contribution in [-0.2, 0) is 11.2 Å². The van der Waals surface area contributed by atoms with Crippen molar-refractivity contribution in [2.24, 2.45) is 0 Å². The van der Waals surface area contributed by atoms with Gasteiger partial charge in [0.2, 0.25) is 0 Å². The highest BCUT2D eigenvalue weighted by Crippen LogP contribution is 2.39. The van der Waals surface area contributed by atoms with E-state index >= 15 is 0 Å². The Hall–Kier alpha value is -2.69. The number of nitrogens with zero attached hydrogens (tertiary/aromatic N) is 1. The number of hydrogen-bond acceptors (Lipinski definition) is 4. The van der Waals surface area contributed by atoms with E-state index in [2.05, 4.69) is 12.1 Å². The lowest BCUT2D eigenvalue weighted by Crippen LogP contribution is -2.40. The largest absolute Gasteiger partial charge is 0.493 e. The topological polar surface area (TPSA) is 48.0 Å². The number of methoxy groups -OCH3 is 2. The van der Waals surface area contributed by atoms with Crippen LogP contribution in [0.3, 0.4) is 0 Å². The molecule has 1 unspecified atom stereocenters. The third-order valence-corrected chi connectivity index (χ3v) is 4.51. The molecule has 0 saturated heterocycles. The Labute approximate surface area is 148 Å². The minimum atomic E-state index is -0.295. The van der Waals surface area contributed by atoms with E-state index in [1.807, 2.05) is 37.3 Å². The molecule has 1 atom stereocenters. The average molecular weight is 341 g/mol. The summed E-state index contributed by atoms with van der Waals surface area (Å²) in [5, 5.41) is 0. The van der Waals surface area contributed by atoms with Crippen molar-refractivity contribution in [1.82, 2.24) is 4.90 Å². The second-order valence-corrected chi connectivity index (χ2v) is 5.86. The van der Waals surface area contributed by atoms with Gasteiger partial charge in [-0.3, -0.25) is 4.90 Å². The molecule has 5 nitrogen and oxygen atoms in total. The van der Waals surface area contributed by atoms with E-state index in [-0.39, 0.29) is 12.1 Å². The number of rotatable bonds is 4. The number of amides is 1. The highest BCUT2D eigenvalue weighted by atomic mass is 16.6. The Morgan fingerprint density at radius 2 is 1.88 bits per heavy atom. The third kappa shape index (κ3) is 3.27. The van der Waals surface area contributed by atoms with Crippen LogP contribution in [-0.4, -0.2) is 38.4 Å². The molecule has 0 aromatic heterocycles. The van der Waals surface area contributed by atoms with Crippen LogP contribution in [0.1, 0.15) is 29.7 Å². The number of ether oxygens (including phenoxy) is 3. The van der Waals surface area contributed by atoms with E-state index in [1.165, 1.54) is 5.56 Å². The normalized spacial score (nSPS) is 16.1. The predicted octanol–water partition coefficient (Wildman–Crippen LogP) is 3.81. The quantitative estimate of drug-likeness (QED) is 0.848. The third-order valence-electron chi connectivity index (χ3n) is 4.51. The van der Waals surface area contributed by atoms with Crippen LogP contribution in [0.5, 0.6) is 11.5 Å². The highest BCUT2D eigenvalue weighted by molar-refractivity contribution is 5.70. The number of benzene rings is 2. The monoisotopic (exact) mass is 341 g/mol. The molecule has 1 amide bonds. The van der Waals surface area contributed by atoms with Crippen LogP contribution in [0.2, 0.25) is 0 Å². The van der Waals surface area contributed by atoms with Crippen LogP contribution in [0.15, 0.2) is 42.5 Å². The summed E-state index contributed by atoms with van der Waals surface area (Å²) in [6.45, 7) is 2.80.